The maximum absolute atomic E-state index is 13.1. The van der Waals surface area contributed by atoms with Gasteiger partial charge in [-0.05, 0) is 37.5 Å². The molecule has 0 aromatic heterocycles. The van der Waals surface area contributed by atoms with Crippen LogP contribution in [0.1, 0.15) is 414 Å². The number of carbonyl (C=O) groups excluding carboxylic acids is 4. The van der Waals surface area contributed by atoms with Crippen LogP contribution in [0.5, 0.6) is 0 Å². The third-order valence-electron chi connectivity index (χ3n) is 18.5. The molecule has 17 nitrogen and oxygen atoms in total. The molecule has 2 unspecified atom stereocenters. The second kappa shape index (κ2) is 70.7. The number of carbonyl (C=O) groups is 4. The number of unbranched alkanes of at least 4 members (excludes halogenated alkanes) is 48. The molecule has 0 spiro atoms. The Morgan fingerprint density at radius 2 is 0.469 bits per heavy atom. The molecule has 0 aliphatic rings. The first kappa shape index (κ1) is 96.1. The Kier molecular flexibility index (Phi) is 69.3. The fourth-order valence-electron chi connectivity index (χ4n) is 12.2. The summed E-state index contributed by atoms with van der Waals surface area (Å²) < 4.78 is 68.7. The number of ether oxygens (including phenoxy) is 4. The summed E-state index contributed by atoms with van der Waals surface area (Å²) in [6, 6.07) is 0. The highest BCUT2D eigenvalue weighted by Gasteiger charge is 2.30. The van der Waals surface area contributed by atoms with Gasteiger partial charge in [-0.1, -0.05) is 363 Å². The van der Waals surface area contributed by atoms with E-state index in [9.17, 15) is 43.2 Å². The summed E-state index contributed by atoms with van der Waals surface area (Å²) in [6.45, 7) is 9.60. The lowest BCUT2D eigenvalue weighted by atomic mass is 10.0. The third-order valence-corrected chi connectivity index (χ3v) is 20.4. The molecule has 5 atom stereocenters. The molecule has 0 fully saturated rings. The van der Waals surface area contributed by atoms with Crippen molar-refractivity contribution >= 4 is 39.5 Å². The van der Waals surface area contributed by atoms with Crippen molar-refractivity contribution in [3.63, 3.8) is 0 Å². The average Bonchev–Trinajstić information content (AvgIpc) is 1.03. The van der Waals surface area contributed by atoms with Gasteiger partial charge in [0.05, 0.1) is 26.4 Å². The molecule has 0 saturated heterocycles. The zero-order valence-electron chi connectivity index (χ0n) is 64.1. The number of rotatable bonds is 78. The Labute approximate surface area is 600 Å². The van der Waals surface area contributed by atoms with E-state index in [1.165, 1.54) is 231 Å². The van der Waals surface area contributed by atoms with Gasteiger partial charge in [0.25, 0.3) is 0 Å². The first-order chi connectivity index (χ1) is 47.4. The van der Waals surface area contributed by atoms with Crippen LogP contribution in [0.15, 0.2) is 0 Å². The lowest BCUT2D eigenvalue weighted by Crippen LogP contribution is -2.30. The normalized spacial score (nSPS) is 13.9. The van der Waals surface area contributed by atoms with Crippen molar-refractivity contribution in [1.82, 2.24) is 0 Å². The number of aliphatic hydroxyl groups is 1. The molecule has 582 valence electrons. The van der Waals surface area contributed by atoms with Gasteiger partial charge >= 0.3 is 39.5 Å². The summed E-state index contributed by atoms with van der Waals surface area (Å²) in [5.74, 6) is -0.614. The number of esters is 4. The fourth-order valence-corrected chi connectivity index (χ4v) is 13.8. The quantitative estimate of drug-likeness (QED) is 0.0222. The number of aliphatic hydroxyl groups excluding tert-OH is 1. The monoisotopic (exact) mass is 1440 g/mol. The van der Waals surface area contributed by atoms with Gasteiger partial charge in [0.15, 0.2) is 12.2 Å². The zero-order chi connectivity index (χ0) is 72.1. The van der Waals surface area contributed by atoms with Crippen molar-refractivity contribution in [2.24, 2.45) is 11.8 Å². The molecule has 0 bridgehead atoms. The van der Waals surface area contributed by atoms with E-state index in [4.69, 9.17) is 37.0 Å². The van der Waals surface area contributed by atoms with Gasteiger partial charge in [0.1, 0.15) is 19.3 Å². The van der Waals surface area contributed by atoms with Crippen molar-refractivity contribution in [3.05, 3.63) is 0 Å². The Morgan fingerprint density at radius 1 is 0.276 bits per heavy atom. The zero-order valence-corrected chi connectivity index (χ0v) is 65.9. The van der Waals surface area contributed by atoms with Crippen molar-refractivity contribution < 1.29 is 80.2 Å². The topological polar surface area (TPSA) is 237 Å². The van der Waals surface area contributed by atoms with E-state index in [2.05, 4.69) is 41.5 Å². The molecule has 98 heavy (non-hydrogen) atoms. The molecule has 0 aliphatic heterocycles. The molecule has 19 heteroatoms. The molecule has 0 saturated carbocycles. The van der Waals surface area contributed by atoms with E-state index in [-0.39, 0.29) is 25.7 Å². The maximum atomic E-state index is 13.1. The van der Waals surface area contributed by atoms with E-state index in [1.807, 2.05) is 0 Å². The molecule has 3 N–H and O–H groups in total. The first-order valence-corrected chi connectivity index (χ1v) is 44.0. The van der Waals surface area contributed by atoms with Gasteiger partial charge in [-0.25, -0.2) is 9.13 Å². The average molecular weight is 1440 g/mol. The van der Waals surface area contributed by atoms with Crippen LogP contribution in [-0.4, -0.2) is 96.7 Å². The largest absolute Gasteiger partial charge is 0.472 e. The SMILES string of the molecule is CCCCCCCCCCCCCCCCCCCCC(=O)O[C@H](COC(=O)CCCCCCCCCCCCCCCCC)COP(=O)(O)OC[C@@H](O)COP(=O)(O)OC[C@@H](COC(=O)CCCCCCCCCCCC(C)C)OC(=O)CCCCCCCCCCCCC(C)C. The highest BCUT2D eigenvalue weighted by molar-refractivity contribution is 7.47. The van der Waals surface area contributed by atoms with Gasteiger partial charge in [-0.2, -0.15) is 0 Å². The second-order valence-corrected chi connectivity index (χ2v) is 32.3. The van der Waals surface area contributed by atoms with E-state index in [0.717, 1.165) is 102 Å². The van der Waals surface area contributed by atoms with Gasteiger partial charge in [0.2, 0.25) is 0 Å². The van der Waals surface area contributed by atoms with Crippen molar-refractivity contribution in [3.8, 4) is 0 Å². The highest BCUT2D eigenvalue weighted by Crippen LogP contribution is 2.45. The first-order valence-electron chi connectivity index (χ1n) is 41.0. The molecule has 0 amide bonds. The molecular formula is C79H154O17P2. The minimum atomic E-state index is -4.96. The summed E-state index contributed by atoms with van der Waals surface area (Å²) in [4.78, 5) is 73.0. The second-order valence-electron chi connectivity index (χ2n) is 29.4. The molecule has 0 rings (SSSR count). The van der Waals surface area contributed by atoms with Gasteiger partial charge in [-0.15, -0.1) is 0 Å². The Hall–Kier alpha value is -1.94. The van der Waals surface area contributed by atoms with E-state index >= 15 is 0 Å². The summed E-state index contributed by atoms with van der Waals surface area (Å²) in [5, 5.41) is 10.6. The smallest absolute Gasteiger partial charge is 0.462 e. The summed E-state index contributed by atoms with van der Waals surface area (Å²) in [7, 11) is -9.92. The number of phosphoric acid groups is 2. The Morgan fingerprint density at radius 3 is 0.694 bits per heavy atom. The van der Waals surface area contributed by atoms with Gasteiger partial charge in [-0.3, -0.25) is 37.3 Å². The van der Waals surface area contributed by atoms with Crippen LogP contribution >= 0.6 is 15.6 Å². The number of hydrogen-bond acceptors (Lipinski definition) is 15. The standard InChI is InChI=1S/C79H154O17P2/c1-7-9-11-13-15-17-19-21-23-24-25-27-29-31-38-45-51-57-63-78(83)95-74(67-89-76(81)61-55-49-43-37-30-28-26-22-20-18-16-14-12-10-8-2)69-93-97(85,86)91-65-73(80)66-92-98(87,88)94-70-75(68-90-77(82)62-56-50-44-40-34-36-42-48-54-60-72(5)6)96-79(84)64-58-52-46-39-33-32-35-41-47-53-59-71(3)4/h71-75,80H,7-70H2,1-6H3,(H,85,86)(H,87,88)/t73-,74-,75-/m1/s1. The van der Waals surface area contributed by atoms with Crippen LogP contribution in [0.25, 0.3) is 0 Å². The molecule has 0 radical (unpaired) electrons. The van der Waals surface area contributed by atoms with Crippen LogP contribution < -0.4 is 0 Å². The summed E-state index contributed by atoms with van der Waals surface area (Å²) >= 11 is 0. The van der Waals surface area contributed by atoms with E-state index < -0.39 is 97.5 Å². The number of phosphoric ester groups is 2. The molecule has 0 aliphatic carbocycles. The Bertz CT molecular complexity index is 1890. The predicted molar refractivity (Wildman–Crippen MR) is 400 cm³/mol. The lowest BCUT2D eigenvalue weighted by molar-refractivity contribution is -0.161. The van der Waals surface area contributed by atoms with Crippen molar-refractivity contribution in [2.45, 2.75) is 432 Å². The van der Waals surface area contributed by atoms with Crippen LogP contribution in [0.2, 0.25) is 0 Å². The molecule has 0 aromatic carbocycles. The van der Waals surface area contributed by atoms with Crippen LogP contribution in [0.4, 0.5) is 0 Å². The summed E-state index contributed by atoms with van der Waals surface area (Å²) in [6.07, 6.45) is 59.6. The number of hydrogen-bond donors (Lipinski definition) is 3. The summed E-state index contributed by atoms with van der Waals surface area (Å²) in [5.41, 5.74) is 0. The third kappa shape index (κ3) is 72.4. The fraction of sp³-hybridized carbons (Fsp3) is 0.949. The van der Waals surface area contributed by atoms with E-state index in [1.54, 1.807) is 0 Å². The minimum Gasteiger partial charge on any atom is -0.462 e. The van der Waals surface area contributed by atoms with Crippen LogP contribution in [0.3, 0.4) is 0 Å². The highest BCUT2D eigenvalue weighted by atomic mass is 31.2. The van der Waals surface area contributed by atoms with Gasteiger partial charge < -0.3 is 33.8 Å². The molecule has 0 aromatic rings. The van der Waals surface area contributed by atoms with Gasteiger partial charge in [0, 0.05) is 25.7 Å². The van der Waals surface area contributed by atoms with Crippen molar-refractivity contribution in [2.75, 3.05) is 39.6 Å². The molecule has 0 heterocycles. The lowest BCUT2D eigenvalue weighted by Gasteiger charge is -2.21. The predicted octanol–water partition coefficient (Wildman–Crippen LogP) is 23.5. The molecular weight excluding hydrogens is 1280 g/mol. The minimum absolute atomic E-state index is 0.106. The van der Waals surface area contributed by atoms with Crippen molar-refractivity contribution in [1.29, 1.82) is 0 Å². The van der Waals surface area contributed by atoms with Crippen LogP contribution in [0, 0.1) is 11.8 Å². The Balaban J connectivity index is 5.26. The maximum Gasteiger partial charge on any atom is 0.472 e. The van der Waals surface area contributed by atoms with E-state index in [0.29, 0.717) is 25.7 Å². The van der Waals surface area contributed by atoms with Crippen LogP contribution in [-0.2, 0) is 65.4 Å².